The number of benzene rings is 2. The van der Waals surface area contributed by atoms with Gasteiger partial charge in [0.15, 0.2) is 0 Å². The molecule has 7 heteroatoms. The van der Waals surface area contributed by atoms with Crippen molar-refractivity contribution in [3.05, 3.63) is 63.6 Å². The van der Waals surface area contributed by atoms with Crippen molar-refractivity contribution in [3.8, 4) is 0 Å². The average Bonchev–Trinajstić information content (AvgIpc) is 3.10. The van der Waals surface area contributed by atoms with Crippen molar-refractivity contribution in [1.29, 1.82) is 0 Å². The number of hydrogen-bond acceptors (Lipinski definition) is 4. The summed E-state index contributed by atoms with van der Waals surface area (Å²) in [7, 11) is 1.78. The summed E-state index contributed by atoms with van der Waals surface area (Å²) >= 11 is 5.01. The predicted molar refractivity (Wildman–Crippen MR) is 116 cm³/mol. The molecule has 5 nitrogen and oxygen atoms in total. The first kappa shape index (κ1) is 20.5. The Bertz CT molecular complexity index is 954. The molecule has 2 aromatic carbocycles. The summed E-state index contributed by atoms with van der Waals surface area (Å²) in [5.41, 5.74) is 1.84. The van der Waals surface area contributed by atoms with E-state index in [1.165, 1.54) is 6.92 Å². The number of nitrogens with one attached hydrogen (secondary N) is 1. The number of nitrogens with zero attached hydrogens (tertiary/aromatic N) is 2. The lowest BCUT2D eigenvalue weighted by Gasteiger charge is -2.26. The van der Waals surface area contributed by atoms with Crippen LogP contribution in [0.3, 0.4) is 0 Å². The molecule has 0 radical (unpaired) electrons. The maximum absolute atomic E-state index is 12.9. The maximum Gasteiger partial charge on any atom is 0.225 e. The molecule has 0 saturated carbocycles. The molecule has 2 amide bonds. The Hall–Kier alpha value is -2.25. The quantitative estimate of drug-likeness (QED) is 0.573. The number of carbonyl (C=O) groups is 2. The molecule has 0 aliphatic rings. The van der Waals surface area contributed by atoms with Gasteiger partial charge in [0.1, 0.15) is 5.01 Å². The van der Waals surface area contributed by atoms with Crippen molar-refractivity contribution >= 4 is 49.3 Å². The van der Waals surface area contributed by atoms with Crippen molar-refractivity contribution in [2.75, 3.05) is 7.05 Å². The first-order valence-corrected chi connectivity index (χ1v) is 10.6. The molecule has 0 bridgehead atoms. The third-order valence-electron chi connectivity index (χ3n) is 4.67. The summed E-state index contributed by atoms with van der Waals surface area (Å²) in [5.74, 6) is -0.212. The van der Waals surface area contributed by atoms with E-state index in [1.54, 1.807) is 23.3 Å². The fourth-order valence-corrected chi connectivity index (χ4v) is 4.29. The summed E-state index contributed by atoms with van der Waals surface area (Å²) in [6.45, 7) is 3.44. The van der Waals surface area contributed by atoms with E-state index in [-0.39, 0.29) is 30.3 Å². The number of hydrogen-bond donors (Lipinski definition) is 1. The van der Waals surface area contributed by atoms with Gasteiger partial charge in [0.05, 0.1) is 28.7 Å². The van der Waals surface area contributed by atoms with E-state index in [0.29, 0.717) is 0 Å². The van der Waals surface area contributed by atoms with Gasteiger partial charge in [-0.25, -0.2) is 4.98 Å². The monoisotopic (exact) mass is 459 g/mol. The van der Waals surface area contributed by atoms with E-state index < -0.39 is 0 Å². The summed E-state index contributed by atoms with van der Waals surface area (Å²) in [6, 6.07) is 15.1. The lowest BCUT2D eigenvalue weighted by atomic mass is 10.0. The molecule has 146 valence electrons. The van der Waals surface area contributed by atoms with Gasteiger partial charge in [0, 0.05) is 18.4 Å². The first-order valence-electron chi connectivity index (χ1n) is 8.99. The van der Waals surface area contributed by atoms with Crippen molar-refractivity contribution in [1.82, 2.24) is 15.2 Å². The number of rotatable bonds is 6. The van der Waals surface area contributed by atoms with E-state index in [2.05, 4.69) is 26.2 Å². The highest BCUT2D eigenvalue weighted by Crippen LogP contribution is 2.30. The minimum absolute atomic E-state index is 0.0478. The molecule has 0 aliphatic heterocycles. The van der Waals surface area contributed by atoms with Crippen LogP contribution in [0.15, 0.2) is 53.0 Å². The van der Waals surface area contributed by atoms with Crippen LogP contribution in [0.25, 0.3) is 10.2 Å². The number of para-hydroxylation sites is 1. The van der Waals surface area contributed by atoms with Gasteiger partial charge in [-0.2, -0.15) is 0 Å². The summed E-state index contributed by atoms with van der Waals surface area (Å²) in [5, 5.41) is 3.79. The fraction of sp³-hybridized carbons (Fsp3) is 0.286. The first-order chi connectivity index (χ1) is 13.3. The normalized spacial score (nSPS) is 13.1. The minimum Gasteiger partial charge on any atom is -0.349 e. The maximum atomic E-state index is 12.9. The van der Waals surface area contributed by atoms with Crippen LogP contribution in [-0.4, -0.2) is 28.7 Å². The molecular formula is C21H22BrN3O2S. The van der Waals surface area contributed by atoms with Crippen LogP contribution in [0.1, 0.15) is 42.9 Å². The Morgan fingerprint density at radius 1 is 1.18 bits per heavy atom. The van der Waals surface area contributed by atoms with Gasteiger partial charge >= 0.3 is 0 Å². The molecule has 1 heterocycles. The second kappa shape index (κ2) is 8.84. The smallest absolute Gasteiger partial charge is 0.225 e. The SMILES string of the molecule is CC(=O)NC(CC(=O)N(C)C(C)c1nc2ccccc2s1)c1ccc(Br)cc1. The molecule has 1 N–H and O–H groups in total. The van der Waals surface area contributed by atoms with Crippen LogP contribution in [0.4, 0.5) is 0 Å². The molecule has 2 unspecified atom stereocenters. The van der Waals surface area contributed by atoms with Gasteiger partial charge in [-0.3, -0.25) is 9.59 Å². The summed E-state index contributed by atoms with van der Waals surface area (Å²) in [4.78, 5) is 31.0. The highest BCUT2D eigenvalue weighted by atomic mass is 79.9. The van der Waals surface area contributed by atoms with Crippen LogP contribution in [0.5, 0.6) is 0 Å². The van der Waals surface area contributed by atoms with Gasteiger partial charge < -0.3 is 10.2 Å². The zero-order valence-corrected chi connectivity index (χ0v) is 18.4. The number of amides is 2. The van der Waals surface area contributed by atoms with Crippen molar-refractivity contribution < 1.29 is 9.59 Å². The zero-order chi connectivity index (χ0) is 20.3. The lowest BCUT2D eigenvalue weighted by molar-refractivity contribution is -0.132. The molecule has 3 aromatic rings. The number of fused-ring (bicyclic) bond motifs is 1. The standard InChI is InChI=1S/C21H22BrN3O2S/c1-13(21-24-17-6-4-5-7-19(17)28-21)25(3)20(27)12-18(23-14(2)26)15-8-10-16(22)11-9-15/h4-11,13,18H,12H2,1-3H3,(H,23,26). The van der Waals surface area contributed by atoms with Crippen molar-refractivity contribution in [2.45, 2.75) is 32.4 Å². The molecule has 1 aromatic heterocycles. The highest BCUT2D eigenvalue weighted by Gasteiger charge is 2.24. The van der Waals surface area contributed by atoms with E-state index in [0.717, 1.165) is 25.3 Å². The number of halogens is 1. The Labute approximate surface area is 176 Å². The Kier molecular flexibility index (Phi) is 6.46. The molecule has 3 rings (SSSR count). The second-order valence-electron chi connectivity index (χ2n) is 6.71. The summed E-state index contributed by atoms with van der Waals surface area (Å²) in [6.07, 6.45) is 0.187. The van der Waals surface area contributed by atoms with Gasteiger partial charge in [-0.05, 0) is 36.8 Å². The van der Waals surface area contributed by atoms with Gasteiger partial charge in [-0.15, -0.1) is 11.3 Å². The summed E-state index contributed by atoms with van der Waals surface area (Å²) < 4.78 is 2.06. The molecule has 0 spiro atoms. The molecule has 0 aliphatic carbocycles. The van der Waals surface area contributed by atoms with Crippen molar-refractivity contribution in [3.63, 3.8) is 0 Å². The van der Waals surface area contributed by atoms with Crippen LogP contribution < -0.4 is 5.32 Å². The second-order valence-corrected chi connectivity index (χ2v) is 8.69. The molecule has 2 atom stereocenters. The Morgan fingerprint density at radius 3 is 2.50 bits per heavy atom. The number of thiazole rings is 1. The Morgan fingerprint density at radius 2 is 1.86 bits per heavy atom. The predicted octanol–water partition coefficient (Wildman–Crippen LogP) is 4.85. The van der Waals surface area contributed by atoms with Gasteiger partial charge in [0.2, 0.25) is 11.8 Å². The lowest BCUT2D eigenvalue weighted by Crippen LogP contribution is -2.35. The number of carbonyl (C=O) groups excluding carboxylic acids is 2. The van der Waals surface area contributed by atoms with E-state index in [1.807, 2.05) is 55.5 Å². The van der Waals surface area contributed by atoms with Gasteiger partial charge in [-0.1, -0.05) is 40.2 Å². The zero-order valence-electron chi connectivity index (χ0n) is 16.0. The minimum atomic E-state index is -0.372. The fourth-order valence-electron chi connectivity index (χ4n) is 2.96. The van der Waals surface area contributed by atoms with E-state index in [4.69, 9.17) is 0 Å². The highest BCUT2D eigenvalue weighted by molar-refractivity contribution is 9.10. The van der Waals surface area contributed by atoms with E-state index in [9.17, 15) is 9.59 Å². The van der Waals surface area contributed by atoms with Crippen molar-refractivity contribution in [2.24, 2.45) is 0 Å². The third kappa shape index (κ3) is 4.77. The molecule has 28 heavy (non-hydrogen) atoms. The van der Waals surface area contributed by atoms with Crippen LogP contribution in [0, 0.1) is 0 Å². The topological polar surface area (TPSA) is 62.3 Å². The van der Waals surface area contributed by atoms with Crippen LogP contribution in [0.2, 0.25) is 0 Å². The molecule has 0 fully saturated rings. The number of aromatic nitrogens is 1. The molecular weight excluding hydrogens is 438 g/mol. The van der Waals surface area contributed by atoms with Crippen LogP contribution in [-0.2, 0) is 9.59 Å². The largest absolute Gasteiger partial charge is 0.349 e. The Balaban J connectivity index is 1.76. The van der Waals surface area contributed by atoms with E-state index >= 15 is 0 Å². The average molecular weight is 460 g/mol. The molecule has 0 saturated heterocycles. The van der Waals surface area contributed by atoms with Gasteiger partial charge in [0.25, 0.3) is 0 Å². The third-order valence-corrected chi connectivity index (χ3v) is 6.41. The van der Waals surface area contributed by atoms with Crippen LogP contribution >= 0.6 is 27.3 Å².